The lowest BCUT2D eigenvalue weighted by Crippen LogP contribution is -2.04. The summed E-state index contributed by atoms with van der Waals surface area (Å²) in [5.74, 6) is 0.909. The number of rotatable bonds is 5. The Bertz CT molecular complexity index is 457. The average molecular weight is 228 g/mol. The first-order chi connectivity index (χ1) is 8.38. The molecule has 2 rings (SSSR count). The number of nitrogens with one attached hydrogen (secondary N) is 1. The Morgan fingerprint density at radius 3 is 2.76 bits per heavy atom. The van der Waals surface area contributed by atoms with Gasteiger partial charge < -0.3 is 10.1 Å². The predicted molar refractivity (Wildman–Crippen MR) is 69.4 cm³/mol. The van der Waals surface area contributed by atoms with Crippen molar-refractivity contribution in [3.05, 3.63) is 54.4 Å². The molecular formula is C14H16N2O. The number of methoxy groups -OCH3 is 1. The Balaban J connectivity index is 1.86. The maximum Gasteiger partial charge on any atom is 0.119 e. The summed E-state index contributed by atoms with van der Waals surface area (Å²) in [7, 11) is 1.69. The van der Waals surface area contributed by atoms with Crippen LogP contribution in [0.1, 0.15) is 5.56 Å². The third kappa shape index (κ3) is 3.48. The van der Waals surface area contributed by atoms with E-state index in [-0.39, 0.29) is 0 Å². The number of hydrogen-bond donors (Lipinski definition) is 1. The van der Waals surface area contributed by atoms with E-state index in [1.807, 2.05) is 24.3 Å². The van der Waals surface area contributed by atoms with Crippen molar-refractivity contribution < 1.29 is 4.74 Å². The summed E-state index contributed by atoms with van der Waals surface area (Å²) in [5.41, 5.74) is 2.37. The highest BCUT2D eigenvalue weighted by Gasteiger charge is 1.96. The quantitative estimate of drug-likeness (QED) is 0.854. The number of pyridine rings is 1. The van der Waals surface area contributed by atoms with Gasteiger partial charge in [0.25, 0.3) is 0 Å². The highest BCUT2D eigenvalue weighted by molar-refractivity contribution is 5.41. The SMILES string of the molecule is COc1cccc(CCNc2ccncc2)c1. The monoisotopic (exact) mass is 228 g/mol. The van der Waals surface area contributed by atoms with Crippen molar-refractivity contribution in [1.29, 1.82) is 0 Å². The number of benzene rings is 1. The second kappa shape index (κ2) is 5.89. The van der Waals surface area contributed by atoms with E-state index in [1.165, 1.54) is 5.56 Å². The lowest BCUT2D eigenvalue weighted by molar-refractivity contribution is 0.414. The van der Waals surface area contributed by atoms with Crippen LogP contribution in [-0.2, 0) is 6.42 Å². The lowest BCUT2D eigenvalue weighted by atomic mass is 10.1. The zero-order chi connectivity index (χ0) is 11.9. The van der Waals surface area contributed by atoms with E-state index in [0.29, 0.717) is 0 Å². The molecule has 17 heavy (non-hydrogen) atoms. The van der Waals surface area contributed by atoms with Crippen LogP contribution in [0, 0.1) is 0 Å². The summed E-state index contributed by atoms with van der Waals surface area (Å²) in [6, 6.07) is 12.1. The van der Waals surface area contributed by atoms with Crippen LogP contribution in [0.25, 0.3) is 0 Å². The van der Waals surface area contributed by atoms with E-state index in [2.05, 4.69) is 22.4 Å². The van der Waals surface area contributed by atoms with Gasteiger partial charge in [-0.2, -0.15) is 0 Å². The minimum absolute atomic E-state index is 0.900. The molecule has 0 fully saturated rings. The Kier molecular flexibility index (Phi) is 3.97. The van der Waals surface area contributed by atoms with Gasteiger partial charge in [0.15, 0.2) is 0 Å². The minimum atomic E-state index is 0.900. The number of ether oxygens (including phenoxy) is 1. The number of nitrogens with zero attached hydrogens (tertiary/aromatic N) is 1. The normalized spacial score (nSPS) is 9.94. The second-order valence-corrected chi connectivity index (χ2v) is 3.76. The Morgan fingerprint density at radius 1 is 1.18 bits per heavy atom. The number of aromatic nitrogens is 1. The molecule has 1 heterocycles. The molecule has 0 aliphatic carbocycles. The molecule has 2 aromatic rings. The van der Waals surface area contributed by atoms with Crippen molar-refractivity contribution in [2.45, 2.75) is 6.42 Å². The largest absolute Gasteiger partial charge is 0.497 e. The molecule has 0 bridgehead atoms. The zero-order valence-corrected chi connectivity index (χ0v) is 9.89. The average Bonchev–Trinajstić information content (AvgIpc) is 2.40. The summed E-state index contributed by atoms with van der Waals surface area (Å²) in [6.45, 7) is 0.900. The Labute approximate surface area is 101 Å². The van der Waals surface area contributed by atoms with E-state index >= 15 is 0 Å². The fourth-order valence-corrected chi connectivity index (χ4v) is 1.65. The predicted octanol–water partition coefficient (Wildman–Crippen LogP) is 2.74. The molecule has 0 amide bonds. The molecule has 0 radical (unpaired) electrons. The number of anilines is 1. The molecule has 1 aromatic heterocycles. The van der Waals surface area contributed by atoms with Crippen LogP contribution in [0.4, 0.5) is 5.69 Å². The molecule has 1 aromatic carbocycles. The zero-order valence-electron chi connectivity index (χ0n) is 9.89. The molecule has 0 saturated carbocycles. The third-order valence-corrected chi connectivity index (χ3v) is 2.56. The highest BCUT2D eigenvalue weighted by atomic mass is 16.5. The second-order valence-electron chi connectivity index (χ2n) is 3.76. The summed E-state index contributed by atoms with van der Waals surface area (Å²) in [5, 5.41) is 3.35. The van der Waals surface area contributed by atoms with Gasteiger partial charge in [-0.25, -0.2) is 0 Å². The molecular weight excluding hydrogens is 212 g/mol. The van der Waals surface area contributed by atoms with Crippen LogP contribution in [-0.4, -0.2) is 18.6 Å². The van der Waals surface area contributed by atoms with Gasteiger partial charge in [-0.15, -0.1) is 0 Å². The van der Waals surface area contributed by atoms with E-state index in [0.717, 1.165) is 24.4 Å². The Morgan fingerprint density at radius 2 is 2.00 bits per heavy atom. The summed E-state index contributed by atoms with van der Waals surface area (Å²) in [4.78, 5) is 3.98. The summed E-state index contributed by atoms with van der Waals surface area (Å²) < 4.78 is 5.19. The van der Waals surface area contributed by atoms with Crippen LogP contribution in [0.15, 0.2) is 48.8 Å². The van der Waals surface area contributed by atoms with Crippen LogP contribution in [0.3, 0.4) is 0 Å². The molecule has 0 spiro atoms. The van der Waals surface area contributed by atoms with Gasteiger partial charge in [0.05, 0.1) is 7.11 Å². The summed E-state index contributed by atoms with van der Waals surface area (Å²) >= 11 is 0. The maximum atomic E-state index is 5.19. The first kappa shape index (κ1) is 11.5. The van der Waals surface area contributed by atoms with Crippen molar-refractivity contribution >= 4 is 5.69 Å². The smallest absolute Gasteiger partial charge is 0.119 e. The highest BCUT2D eigenvalue weighted by Crippen LogP contribution is 2.13. The summed E-state index contributed by atoms with van der Waals surface area (Å²) in [6.07, 6.45) is 4.54. The molecule has 3 nitrogen and oxygen atoms in total. The van der Waals surface area contributed by atoms with Gasteiger partial charge in [-0.1, -0.05) is 12.1 Å². The van der Waals surface area contributed by atoms with Gasteiger partial charge in [0, 0.05) is 24.6 Å². The van der Waals surface area contributed by atoms with Gasteiger partial charge >= 0.3 is 0 Å². The van der Waals surface area contributed by atoms with E-state index in [9.17, 15) is 0 Å². The maximum absolute atomic E-state index is 5.19. The number of hydrogen-bond acceptors (Lipinski definition) is 3. The van der Waals surface area contributed by atoms with Crippen LogP contribution in [0.2, 0.25) is 0 Å². The van der Waals surface area contributed by atoms with Crippen molar-refractivity contribution in [2.75, 3.05) is 19.0 Å². The molecule has 0 aliphatic heterocycles. The Hall–Kier alpha value is -2.03. The molecule has 0 saturated heterocycles. The van der Waals surface area contributed by atoms with Crippen LogP contribution >= 0.6 is 0 Å². The molecule has 1 N–H and O–H groups in total. The lowest BCUT2D eigenvalue weighted by Gasteiger charge is -2.07. The standard InChI is InChI=1S/C14H16N2O/c1-17-14-4-2-3-12(11-14)5-10-16-13-6-8-15-9-7-13/h2-4,6-9,11H,5,10H2,1H3,(H,15,16). The fourth-order valence-electron chi connectivity index (χ4n) is 1.65. The topological polar surface area (TPSA) is 34.1 Å². The van der Waals surface area contributed by atoms with E-state index < -0.39 is 0 Å². The molecule has 0 atom stereocenters. The first-order valence-corrected chi connectivity index (χ1v) is 5.65. The molecule has 0 unspecified atom stereocenters. The van der Waals surface area contributed by atoms with Gasteiger partial charge in [-0.05, 0) is 36.2 Å². The van der Waals surface area contributed by atoms with Gasteiger partial charge in [-0.3, -0.25) is 4.98 Å². The molecule has 0 aliphatic rings. The van der Waals surface area contributed by atoms with Crippen LogP contribution in [0.5, 0.6) is 5.75 Å². The van der Waals surface area contributed by atoms with E-state index in [1.54, 1.807) is 19.5 Å². The van der Waals surface area contributed by atoms with Crippen molar-refractivity contribution in [2.24, 2.45) is 0 Å². The van der Waals surface area contributed by atoms with Crippen molar-refractivity contribution in [3.63, 3.8) is 0 Å². The minimum Gasteiger partial charge on any atom is -0.497 e. The fraction of sp³-hybridized carbons (Fsp3) is 0.214. The van der Waals surface area contributed by atoms with Gasteiger partial charge in [0.1, 0.15) is 5.75 Å². The van der Waals surface area contributed by atoms with E-state index in [4.69, 9.17) is 4.74 Å². The molecule has 88 valence electrons. The van der Waals surface area contributed by atoms with Crippen LogP contribution < -0.4 is 10.1 Å². The molecule has 3 heteroatoms. The van der Waals surface area contributed by atoms with Crippen molar-refractivity contribution in [1.82, 2.24) is 4.98 Å². The van der Waals surface area contributed by atoms with Gasteiger partial charge in [0.2, 0.25) is 0 Å². The third-order valence-electron chi connectivity index (χ3n) is 2.56. The first-order valence-electron chi connectivity index (χ1n) is 5.65. The van der Waals surface area contributed by atoms with Crippen molar-refractivity contribution in [3.8, 4) is 5.75 Å².